The molecule has 2 rings (SSSR count). The molecule has 2 unspecified atom stereocenters. The predicted molar refractivity (Wildman–Crippen MR) is 97.5 cm³/mol. The summed E-state index contributed by atoms with van der Waals surface area (Å²) in [6.45, 7) is 1.23. The summed E-state index contributed by atoms with van der Waals surface area (Å²) in [4.78, 5) is 0. The first-order valence-corrected chi connectivity index (χ1v) is 10.6. The van der Waals surface area contributed by atoms with Crippen molar-refractivity contribution in [3.05, 3.63) is 31.8 Å². The van der Waals surface area contributed by atoms with E-state index in [1.807, 2.05) is 12.1 Å². The Morgan fingerprint density at radius 2 is 2.24 bits per heavy atom. The first-order chi connectivity index (χ1) is 9.77. The molecule has 1 heterocycles. The maximum Gasteiger partial charge on any atom is 0.211 e. The molecule has 2 atom stereocenters. The number of hydrogen-bond acceptors (Lipinski definition) is 3. The normalized spacial score (nSPS) is 22.2. The van der Waals surface area contributed by atoms with Crippen molar-refractivity contribution in [2.45, 2.75) is 25.3 Å². The lowest BCUT2D eigenvalue weighted by molar-refractivity contribution is 0.247. The van der Waals surface area contributed by atoms with E-state index in [2.05, 4.69) is 44.6 Å². The maximum absolute atomic E-state index is 11.7. The SMILES string of the molecule is CS(=O)(=O)N1CCCC(CC(N)c2cc(Br)ccc2I)C1. The molecule has 1 aromatic carbocycles. The van der Waals surface area contributed by atoms with Gasteiger partial charge in [0.1, 0.15) is 0 Å². The van der Waals surface area contributed by atoms with Crippen LogP contribution in [0.5, 0.6) is 0 Å². The van der Waals surface area contributed by atoms with Crippen LogP contribution in [0.25, 0.3) is 0 Å². The first-order valence-electron chi connectivity index (χ1n) is 6.93. The van der Waals surface area contributed by atoms with E-state index in [1.165, 1.54) is 6.26 Å². The van der Waals surface area contributed by atoms with Gasteiger partial charge in [-0.1, -0.05) is 15.9 Å². The highest BCUT2D eigenvalue weighted by atomic mass is 127. The highest BCUT2D eigenvalue weighted by molar-refractivity contribution is 14.1. The lowest BCUT2D eigenvalue weighted by atomic mass is 9.90. The Bertz CT molecular complexity index is 609. The zero-order chi connectivity index (χ0) is 15.6. The van der Waals surface area contributed by atoms with E-state index in [-0.39, 0.29) is 6.04 Å². The number of halogens is 2. The molecule has 7 heteroatoms. The van der Waals surface area contributed by atoms with Gasteiger partial charge < -0.3 is 5.73 Å². The molecule has 0 amide bonds. The zero-order valence-electron chi connectivity index (χ0n) is 11.9. The van der Waals surface area contributed by atoms with Crippen molar-refractivity contribution in [1.29, 1.82) is 0 Å². The second kappa shape index (κ2) is 7.25. The average molecular weight is 487 g/mol. The van der Waals surface area contributed by atoms with Gasteiger partial charge in [-0.15, -0.1) is 0 Å². The minimum Gasteiger partial charge on any atom is -0.324 e. The Morgan fingerprint density at radius 3 is 2.90 bits per heavy atom. The second-order valence-corrected chi connectivity index (χ2v) is 9.70. The van der Waals surface area contributed by atoms with Crippen molar-refractivity contribution in [3.63, 3.8) is 0 Å². The van der Waals surface area contributed by atoms with E-state index in [0.717, 1.165) is 32.9 Å². The molecule has 0 radical (unpaired) electrons. The van der Waals surface area contributed by atoms with Crippen LogP contribution >= 0.6 is 38.5 Å². The van der Waals surface area contributed by atoms with Gasteiger partial charge in [-0.05, 0) is 71.5 Å². The molecule has 2 N–H and O–H groups in total. The van der Waals surface area contributed by atoms with Gasteiger partial charge in [-0.25, -0.2) is 12.7 Å². The van der Waals surface area contributed by atoms with Gasteiger partial charge in [-0.3, -0.25) is 0 Å². The van der Waals surface area contributed by atoms with Crippen LogP contribution in [-0.4, -0.2) is 32.1 Å². The predicted octanol–water partition coefficient (Wildman–Crippen LogP) is 3.12. The molecule has 1 aromatic rings. The maximum atomic E-state index is 11.7. The molecule has 1 fully saturated rings. The fourth-order valence-electron chi connectivity index (χ4n) is 2.81. The molecular formula is C14H20BrIN2O2S. The molecule has 1 saturated heterocycles. The number of hydrogen-bond donors (Lipinski definition) is 1. The second-order valence-electron chi connectivity index (χ2n) is 5.64. The summed E-state index contributed by atoms with van der Waals surface area (Å²) in [5.74, 6) is 0.332. The van der Waals surface area contributed by atoms with E-state index in [9.17, 15) is 8.42 Å². The molecule has 4 nitrogen and oxygen atoms in total. The topological polar surface area (TPSA) is 63.4 Å². The summed E-state index contributed by atoms with van der Waals surface area (Å²) in [7, 11) is -3.09. The molecular weight excluding hydrogens is 467 g/mol. The van der Waals surface area contributed by atoms with Crippen LogP contribution in [-0.2, 0) is 10.0 Å². The van der Waals surface area contributed by atoms with E-state index in [0.29, 0.717) is 19.0 Å². The third-order valence-corrected chi connectivity index (χ3v) is 6.64. The van der Waals surface area contributed by atoms with E-state index >= 15 is 0 Å². The minimum absolute atomic E-state index is 0.0566. The third kappa shape index (κ3) is 4.89. The molecule has 0 spiro atoms. The summed E-state index contributed by atoms with van der Waals surface area (Å²) in [6.07, 6.45) is 4.06. The van der Waals surface area contributed by atoms with Crippen molar-refractivity contribution >= 4 is 48.5 Å². The Hall–Kier alpha value is 0.300. The lowest BCUT2D eigenvalue weighted by Crippen LogP contribution is -2.40. The lowest BCUT2D eigenvalue weighted by Gasteiger charge is -2.32. The van der Waals surface area contributed by atoms with Gasteiger partial charge in [-0.2, -0.15) is 0 Å². The smallest absolute Gasteiger partial charge is 0.211 e. The van der Waals surface area contributed by atoms with Gasteiger partial charge in [0.25, 0.3) is 0 Å². The summed E-state index contributed by atoms with van der Waals surface area (Å²) < 4.78 is 27.1. The molecule has 118 valence electrons. The number of nitrogens with two attached hydrogens (primary N) is 1. The molecule has 1 aliphatic heterocycles. The molecule has 0 aliphatic carbocycles. The van der Waals surface area contributed by atoms with Gasteiger partial charge in [0.05, 0.1) is 6.26 Å². The van der Waals surface area contributed by atoms with E-state index < -0.39 is 10.0 Å². The Kier molecular flexibility index (Phi) is 6.09. The molecule has 21 heavy (non-hydrogen) atoms. The third-order valence-electron chi connectivity index (χ3n) is 3.90. The standard InChI is InChI=1S/C14H20BrIN2O2S/c1-21(19,20)18-6-2-3-10(9-18)7-14(17)12-8-11(15)4-5-13(12)16/h4-5,8,10,14H,2-3,6-7,9,17H2,1H3. The molecule has 0 saturated carbocycles. The van der Waals surface area contributed by atoms with E-state index in [4.69, 9.17) is 5.73 Å². The fraction of sp³-hybridized carbons (Fsp3) is 0.571. The van der Waals surface area contributed by atoms with Crippen LogP contribution in [0.4, 0.5) is 0 Å². The van der Waals surface area contributed by atoms with Gasteiger partial charge in [0, 0.05) is 27.2 Å². The quantitative estimate of drug-likeness (QED) is 0.665. The van der Waals surface area contributed by atoms with Crippen LogP contribution in [0.1, 0.15) is 30.9 Å². The zero-order valence-corrected chi connectivity index (χ0v) is 16.5. The largest absolute Gasteiger partial charge is 0.324 e. The summed E-state index contributed by atoms with van der Waals surface area (Å²) in [6, 6.07) is 6.05. The Labute approximate surface area is 148 Å². The highest BCUT2D eigenvalue weighted by Gasteiger charge is 2.27. The van der Waals surface area contributed by atoms with Crippen molar-refractivity contribution in [2.24, 2.45) is 11.7 Å². The number of nitrogens with zero attached hydrogens (tertiary/aromatic N) is 1. The molecule has 0 bridgehead atoms. The highest BCUT2D eigenvalue weighted by Crippen LogP contribution is 2.30. The Morgan fingerprint density at radius 1 is 1.52 bits per heavy atom. The van der Waals surface area contributed by atoms with Crippen LogP contribution in [0.3, 0.4) is 0 Å². The van der Waals surface area contributed by atoms with Crippen LogP contribution in [0.2, 0.25) is 0 Å². The summed E-state index contributed by atoms with van der Waals surface area (Å²) in [5.41, 5.74) is 7.48. The van der Waals surface area contributed by atoms with Crippen LogP contribution in [0, 0.1) is 9.49 Å². The first kappa shape index (κ1) is 17.7. The van der Waals surface area contributed by atoms with Crippen LogP contribution in [0.15, 0.2) is 22.7 Å². The van der Waals surface area contributed by atoms with Gasteiger partial charge in [0.15, 0.2) is 0 Å². The fourth-order valence-corrected chi connectivity index (χ4v) is 4.86. The van der Waals surface area contributed by atoms with Crippen molar-refractivity contribution in [1.82, 2.24) is 4.31 Å². The van der Waals surface area contributed by atoms with Gasteiger partial charge >= 0.3 is 0 Å². The summed E-state index contributed by atoms with van der Waals surface area (Å²) >= 11 is 5.78. The number of sulfonamides is 1. The van der Waals surface area contributed by atoms with Crippen molar-refractivity contribution in [2.75, 3.05) is 19.3 Å². The van der Waals surface area contributed by atoms with Gasteiger partial charge in [0.2, 0.25) is 10.0 Å². The van der Waals surface area contributed by atoms with Crippen molar-refractivity contribution < 1.29 is 8.42 Å². The number of rotatable bonds is 4. The van der Waals surface area contributed by atoms with Crippen LogP contribution < -0.4 is 5.73 Å². The number of benzene rings is 1. The molecule has 1 aliphatic rings. The average Bonchev–Trinajstić information content (AvgIpc) is 2.41. The Balaban J connectivity index is 2.05. The van der Waals surface area contributed by atoms with Crippen molar-refractivity contribution in [3.8, 4) is 0 Å². The minimum atomic E-state index is -3.09. The summed E-state index contributed by atoms with van der Waals surface area (Å²) in [5, 5.41) is 0. The number of piperidine rings is 1. The monoisotopic (exact) mass is 486 g/mol. The molecule has 0 aromatic heterocycles. The van der Waals surface area contributed by atoms with E-state index in [1.54, 1.807) is 4.31 Å².